The minimum Gasteiger partial charge on any atom is -0.504 e. The predicted molar refractivity (Wildman–Crippen MR) is 87.6 cm³/mol. The van der Waals surface area contributed by atoms with Crippen LogP contribution < -0.4 is 0 Å². The van der Waals surface area contributed by atoms with Crippen molar-refractivity contribution in [2.75, 3.05) is 0 Å². The van der Waals surface area contributed by atoms with Crippen molar-refractivity contribution in [3.05, 3.63) is 30.0 Å². The van der Waals surface area contributed by atoms with E-state index >= 15 is 0 Å². The zero-order valence-corrected chi connectivity index (χ0v) is 12.6. The first-order chi connectivity index (χ1) is 10.1. The molecule has 1 aliphatic rings. The topological polar surface area (TPSA) is 53.4 Å². The Morgan fingerprint density at radius 3 is 2.24 bits per heavy atom. The zero-order chi connectivity index (χ0) is 14.9. The highest BCUT2D eigenvalue weighted by atomic mass is 16.3. The van der Waals surface area contributed by atoms with E-state index in [2.05, 4.69) is 18.9 Å². The van der Waals surface area contributed by atoms with Crippen molar-refractivity contribution in [2.24, 2.45) is 0 Å². The second-order valence-corrected chi connectivity index (χ2v) is 6.59. The number of benzene rings is 1. The lowest BCUT2D eigenvalue weighted by Crippen LogP contribution is -2.27. The number of aromatic nitrogens is 1. The summed E-state index contributed by atoms with van der Waals surface area (Å²) in [5.74, 6) is -0.191. The molecule has 1 aromatic heterocycles. The fourth-order valence-electron chi connectivity index (χ4n) is 3.46. The maximum absolute atomic E-state index is 9.69. The van der Waals surface area contributed by atoms with Crippen LogP contribution in [0.4, 0.5) is 0 Å². The molecule has 1 fully saturated rings. The van der Waals surface area contributed by atoms with Gasteiger partial charge in [0, 0.05) is 17.6 Å². The third-order valence-corrected chi connectivity index (χ3v) is 4.93. The number of pyridine rings is 1. The third-order valence-electron chi connectivity index (χ3n) is 4.93. The lowest BCUT2D eigenvalue weighted by molar-refractivity contribution is 0.404. The second-order valence-electron chi connectivity index (χ2n) is 6.59. The van der Waals surface area contributed by atoms with Gasteiger partial charge >= 0.3 is 0 Å². The fourth-order valence-corrected chi connectivity index (χ4v) is 3.46. The molecule has 2 N–H and O–H groups in total. The molecule has 3 rings (SSSR count). The van der Waals surface area contributed by atoms with Crippen LogP contribution in [0.5, 0.6) is 11.5 Å². The van der Waals surface area contributed by atoms with Gasteiger partial charge < -0.3 is 10.2 Å². The number of hydrogen-bond acceptors (Lipinski definition) is 3. The van der Waals surface area contributed by atoms with Crippen LogP contribution in [0.3, 0.4) is 0 Å². The summed E-state index contributed by atoms with van der Waals surface area (Å²) in [6, 6.07) is 5.26. The third kappa shape index (κ3) is 2.85. The Hall–Kier alpha value is -1.71. The Labute approximate surface area is 126 Å². The molecule has 0 bridgehead atoms. The van der Waals surface area contributed by atoms with Gasteiger partial charge in [0.2, 0.25) is 0 Å². The van der Waals surface area contributed by atoms with Crippen LogP contribution in [-0.2, 0) is 5.31 Å². The maximum Gasteiger partial charge on any atom is 0.159 e. The van der Waals surface area contributed by atoms with Crippen LogP contribution in [0.25, 0.3) is 10.9 Å². The highest BCUT2D eigenvalue weighted by molar-refractivity contribution is 6.16. The molecule has 2 aromatic rings. The number of nitrogens with zero attached hydrogens (tertiary/aromatic N) is 1. The van der Waals surface area contributed by atoms with Crippen molar-refractivity contribution < 1.29 is 10.2 Å². The van der Waals surface area contributed by atoms with Crippen molar-refractivity contribution in [3.63, 3.8) is 0 Å². The van der Waals surface area contributed by atoms with E-state index in [1.807, 2.05) is 6.20 Å². The van der Waals surface area contributed by atoms with Crippen molar-refractivity contribution in [3.8, 4) is 11.5 Å². The largest absolute Gasteiger partial charge is 0.504 e. The molecule has 0 atom stereocenters. The van der Waals surface area contributed by atoms with E-state index in [1.54, 1.807) is 6.07 Å². The van der Waals surface area contributed by atoms with Crippen LogP contribution in [0.15, 0.2) is 24.4 Å². The van der Waals surface area contributed by atoms with Crippen LogP contribution in [0.2, 0.25) is 0 Å². The van der Waals surface area contributed by atoms with E-state index < -0.39 is 0 Å². The molecule has 3 nitrogen and oxygen atoms in total. The molecule has 0 radical (unpaired) electrons. The molecule has 0 amide bonds. The Morgan fingerprint density at radius 1 is 0.905 bits per heavy atom. The standard InChI is InChI=1S/C17H22BNO2/c18-17(6-4-2-1-3-5-7-17)13-8-12-9-15(20)16(21)10-14(12)19-11-13/h8-11,20-21H,1-7,18H2. The van der Waals surface area contributed by atoms with E-state index in [4.69, 9.17) is 0 Å². The smallest absolute Gasteiger partial charge is 0.159 e. The summed E-state index contributed by atoms with van der Waals surface area (Å²) < 4.78 is 0. The zero-order valence-electron chi connectivity index (χ0n) is 12.6. The maximum atomic E-state index is 9.69. The first-order valence-electron chi connectivity index (χ1n) is 7.91. The van der Waals surface area contributed by atoms with Gasteiger partial charge in [0.05, 0.1) is 5.52 Å². The summed E-state index contributed by atoms with van der Waals surface area (Å²) in [4.78, 5) is 4.49. The summed E-state index contributed by atoms with van der Waals surface area (Å²) in [5, 5.41) is 20.3. The van der Waals surface area contributed by atoms with Crippen LogP contribution >= 0.6 is 0 Å². The summed E-state index contributed by atoms with van der Waals surface area (Å²) in [5.41, 5.74) is 1.98. The minimum absolute atomic E-state index is 0.0794. The Bertz CT molecular complexity index is 649. The SMILES string of the molecule is BC1(c2cnc3cc(O)c(O)cc3c2)CCCCCCC1. The van der Waals surface area contributed by atoms with Gasteiger partial charge in [-0.1, -0.05) is 44.9 Å². The highest BCUT2D eigenvalue weighted by Gasteiger charge is 2.27. The van der Waals surface area contributed by atoms with Crippen LogP contribution in [-0.4, -0.2) is 23.0 Å². The van der Waals surface area contributed by atoms with Gasteiger partial charge in [-0.3, -0.25) is 4.98 Å². The molecule has 1 aromatic carbocycles. The number of hydrogen-bond donors (Lipinski definition) is 2. The quantitative estimate of drug-likeness (QED) is 0.624. The molecule has 1 heterocycles. The number of phenolic OH excluding ortho intramolecular Hbond substituents is 2. The number of phenols is 2. The first kappa shape index (κ1) is 14.2. The van der Waals surface area contributed by atoms with Crippen molar-refractivity contribution in [2.45, 2.75) is 50.3 Å². The normalized spacial score (nSPS) is 19.0. The summed E-state index contributed by atoms with van der Waals surface area (Å²) >= 11 is 0. The van der Waals surface area contributed by atoms with Gasteiger partial charge in [0.15, 0.2) is 11.5 Å². The van der Waals surface area contributed by atoms with E-state index in [9.17, 15) is 10.2 Å². The van der Waals surface area contributed by atoms with Crippen molar-refractivity contribution in [1.82, 2.24) is 4.98 Å². The highest BCUT2D eigenvalue weighted by Crippen LogP contribution is 2.37. The number of fused-ring (bicyclic) bond motifs is 1. The van der Waals surface area contributed by atoms with Crippen molar-refractivity contribution >= 4 is 18.7 Å². The van der Waals surface area contributed by atoms with Gasteiger partial charge in [0.25, 0.3) is 0 Å². The molecule has 0 unspecified atom stereocenters. The Morgan fingerprint density at radius 2 is 1.52 bits per heavy atom. The fraction of sp³-hybridized carbons (Fsp3) is 0.471. The number of rotatable bonds is 1. The van der Waals surface area contributed by atoms with E-state index in [0.29, 0.717) is 0 Å². The molecule has 1 aliphatic carbocycles. The summed E-state index contributed by atoms with van der Waals surface area (Å²) in [6.45, 7) is 0. The van der Waals surface area contributed by atoms with Gasteiger partial charge in [-0.05, 0) is 23.0 Å². The molecule has 0 saturated heterocycles. The van der Waals surface area contributed by atoms with Gasteiger partial charge in [-0.25, -0.2) is 0 Å². The molecule has 1 saturated carbocycles. The van der Waals surface area contributed by atoms with Crippen molar-refractivity contribution in [1.29, 1.82) is 0 Å². The van der Waals surface area contributed by atoms with Gasteiger partial charge in [-0.2, -0.15) is 0 Å². The average molecular weight is 283 g/mol. The summed E-state index contributed by atoms with van der Waals surface area (Å²) in [6.07, 6.45) is 10.9. The van der Waals surface area contributed by atoms with E-state index in [-0.39, 0.29) is 16.8 Å². The summed E-state index contributed by atoms with van der Waals surface area (Å²) in [7, 11) is 2.33. The monoisotopic (exact) mass is 283 g/mol. The molecule has 0 aliphatic heterocycles. The Balaban J connectivity index is 2.00. The lowest BCUT2D eigenvalue weighted by atomic mass is 9.58. The van der Waals surface area contributed by atoms with Crippen LogP contribution in [0.1, 0.15) is 50.5 Å². The molecular formula is C17H22BNO2. The predicted octanol–water partition coefficient (Wildman–Crippen LogP) is 3.22. The minimum atomic E-state index is -0.111. The molecule has 0 spiro atoms. The van der Waals surface area contributed by atoms with Gasteiger partial charge in [0.1, 0.15) is 7.85 Å². The lowest BCUT2D eigenvalue weighted by Gasteiger charge is -2.32. The number of aromatic hydroxyl groups is 2. The van der Waals surface area contributed by atoms with E-state index in [1.165, 1.54) is 56.6 Å². The molecular weight excluding hydrogens is 261 g/mol. The van der Waals surface area contributed by atoms with Crippen LogP contribution in [0, 0.1) is 0 Å². The average Bonchev–Trinajstić information content (AvgIpc) is 2.44. The first-order valence-corrected chi connectivity index (χ1v) is 7.91. The molecule has 4 heteroatoms. The molecule has 110 valence electrons. The Kier molecular flexibility index (Phi) is 3.79. The second kappa shape index (κ2) is 5.59. The molecule has 21 heavy (non-hydrogen) atoms. The van der Waals surface area contributed by atoms with Gasteiger partial charge in [-0.15, -0.1) is 0 Å². The van der Waals surface area contributed by atoms with E-state index in [0.717, 1.165) is 10.9 Å².